The number of carboxylic acids is 2. The molecule has 0 aromatic heterocycles. The maximum Gasteiger partial charge on any atom is 0.315 e. The van der Waals surface area contributed by atoms with E-state index in [1.165, 1.54) is 24.3 Å². The van der Waals surface area contributed by atoms with Crippen LogP contribution in [0.5, 0.6) is 0 Å². The average molecular weight is 344 g/mol. The highest BCUT2D eigenvalue weighted by Gasteiger charge is 2.59. The molecule has 0 saturated heterocycles. The second kappa shape index (κ2) is 9.53. The second-order valence-corrected chi connectivity index (χ2v) is 5.44. The van der Waals surface area contributed by atoms with Crippen LogP contribution in [0.2, 0.25) is 0 Å². The first-order valence-corrected chi connectivity index (χ1v) is 7.68. The summed E-state index contributed by atoms with van der Waals surface area (Å²) in [4.78, 5) is 24.0. The topological polar surface area (TPSA) is 134 Å². The van der Waals surface area contributed by atoms with Crippen molar-refractivity contribution in [3.63, 3.8) is 0 Å². The molecule has 0 radical (unpaired) electrons. The van der Waals surface area contributed by atoms with Gasteiger partial charge in [-0.05, 0) is 12.8 Å². The first-order valence-electron chi connectivity index (χ1n) is 7.68. The molecule has 136 valence electrons. The van der Waals surface area contributed by atoms with E-state index in [1.54, 1.807) is 0 Å². The van der Waals surface area contributed by atoms with E-state index in [4.69, 9.17) is 19.7 Å². The van der Waals surface area contributed by atoms with Crippen molar-refractivity contribution >= 4 is 11.9 Å². The third-order valence-electron chi connectivity index (χ3n) is 4.18. The van der Waals surface area contributed by atoms with Gasteiger partial charge in [0.2, 0.25) is 0 Å². The zero-order valence-electron chi connectivity index (χ0n) is 13.4. The molecule has 0 saturated carbocycles. The van der Waals surface area contributed by atoms with E-state index >= 15 is 0 Å². The number of aliphatic hydroxyl groups is 2. The summed E-state index contributed by atoms with van der Waals surface area (Å²) in [6, 6.07) is 0. The Morgan fingerprint density at radius 2 is 1.12 bits per heavy atom. The van der Waals surface area contributed by atoms with E-state index in [0.29, 0.717) is 0 Å². The molecule has 0 spiro atoms. The summed E-state index contributed by atoms with van der Waals surface area (Å²) < 4.78 is 10.3. The van der Waals surface area contributed by atoms with Crippen LogP contribution < -0.4 is 0 Å². The Balaban J connectivity index is 3.08. The van der Waals surface area contributed by atoms with Gasteiger partial charge in [-0.1, -0.05) is 24.3 Å². The van der Waals surface area contributed by atoms with Crippen molar-refractivity contribution in [2.75, 3.05) is 39.6 Å². The molecule has 24 heavy (non-hydrogen) atoms. The molecule has 0 aliphatic heterocycles. The fraction of sp³-hybridized carbons (Fsp3) is 0.625. The van der Waals surface area contributed by atoms with Crippen molar-refractivity contribution in [3.8, 4) is 0 Å². The summed E-state index contributed by atoms with van der Waals surface area (Å²) in [5.41, 5.74) is -3.38. The number of aliphatic carboxylic acids is 2. The number of rotatable bonds is 12. The number of allylic oxidation sites excluding steroid dienone is 2. The van der Waals surface area contributed by atoms with Crippen molar-refractivity contribution in [1.29, 1.82) is 0 Å². The molecular formula is C16H24O8. The van der Waals surface area contributed by atoms with Crippen LogP contribution in [0.25, 0.3) is 0 Å². The predicted molar refractivity (Wildman–Crippen MR) is 83.5 cm³/mol. The maximum absolute atomic E-state index is 12.0. The zero-order valence-corrected chi connectivity index (χ0v) is 13.4. The van der Waals surface area contributed by atoms with E-state index in [1.807, 2.05) is 0 Å². The van der Waals surface area contributed by atoms with Crippen molar-refractivity contribution in [2.45, 2.75) is 12.8 Å². The third kappa shape index (κ3) is 4.21. The number of hydrogen-bond donors (Lipinski definition) is 4. The van der Waals surface area contributed by atoms with E-state index in [-0.39, 0.29) is 52.5 Å². The van der Waals surface area contributed by atoms with Gasteiger partial charge >= 0.3 is 11.9 Å². The number of aliphatic hydroxyl groups excluding tert-OH is 2. The first-order chi connectivity index (χ1) is 11.5. The van der Waals surface area contributed by atoms with Crippen LogP contribution in [0, 0.1) is 10.8 Å². The highest BCUT2D eigenvalue weighted by molar-refractivity contribution is 5.90. The van der Waals surface area contributed by atoms with Crippen LogP contribution in [0.1, 0.15) is 12.8 Å². The van der Waals surface area contributed by atoms with Crippen LogP contribution in [0.4, 0.5) is 0 Å². The van der Waals surface area contributed by atoms with E-state index in [0.717, 1.165) is 0 Å². The summed E-state index contributed by atoms with van der Waals surface area (Å²) in [5, 5.41) is 37.1. The summed E-state index contributed by atoms with van der Waals surface area (Å²) >= 11 is 0. The zero-order chi connectivity index (χ0) is 18.1. The Bertz CT molecular complexity index is 442. The first kappa shape index (κ1) is 20.3. The van der Waals surface area contributed by atoms with Gasteiger partial charge in [-0.2, -0.15) is 0 Å². The largest absolute Gasteiger partial charge is 0.481 e. The molecule has 2 unspecified atom stereocenters. The van der Waals surface area contributed by atoms with Gasteiger partial charge in [0.15, 0.2) is 0 Å². The maximum atomic E-state index is 12.0. The monoisotopic (exact) mass is 344 g/mol. The molecule has 0 bridgehead atoms. The fourth-order valence-corrected chi connectivity index (χ4v) is 2.89. The van der Waals surface area contributed by atoms with Gasteiger partial charge in [0.25, 0.3) is 0 Å². The number of hydrogen-bond acceptors (Lipinski definition) is 6. The molecule has 4 N–H and O–H groups in total. The summed E-state index contributed by atoms with van der Waals surface area (Å²) in [6.07, 6.45) is 5.65. The Hall–Kier alpha value is -1.74. The lowest BCUT2D eigenvalue weighted by atomic mass is 9.58. The van der Waals surface area contributed by atoms with Crippen LogP contribution in [0.3, 0.4) is 0 Å². The Morgan fingerprint density at radius 3 is 1.42 bits per heavy atom. The number of carboxylic acid groups (broad SMARTS) is 2. The van der Waals surface area contributed by atoms with Crippen LogP contribution in [-0.2, 0) is 19.1 Å². The molecule has 1 aliphatic rings. The lowest BCUT2D eigenvalue weighted by Crippen LogP contribution is -2.52. The highest BCUT2D eigenvalue weighted by Crippen LogP contribution is 2.50. The standard InChI is InChI=1S/C16H24O8/c17-7-11-23-9-5-15(13(19)20)3-1-2-4-16(15,14(21)22)6-10-24-12-8-18/h1-4,17-18H,5-12H2,(H,19,20)(H,21,22). The summed E-state index contributed by atoms with van der Waals surface area (Å²) in [5.74, 6) is -2.53. The van der Waals surface area contributed by atoms with Gasteiger partial charge in [0.1, 0.15) is 10.8 Å². The van der Waals surface area contributed by atoms with Crippen LogP contribution >= 0.6 is 0 Å². The van der Waals surface area contributed by atoms with Crippen molar-refractivity contribution in [3.05, 3.63) is 24.3 Å². The minimum atomic E-state index is -1.69. The van der Waals surface area contributed by atoms with Crippen molar-refractivity contribution < 1.29 is 39.5 Å². The van der Waals surface area contributed by atoms with Gasteiger partial charge in [0.05, 0.1) is 26.4 Å². The van der Waals surface area contributed by atoms with Gasteiger partial charge in [-0.25, -0.2) is 0 Å². The quantitative estimate of drug-likeness (QED) is 0.365. The normalized spacial score (nSPS) is 25.8. The Morgan fingerprint density at radius 1 is 0.750 bits per heavy atom. The summed E-state index contributed by atoms with van der Waals surface area (Å²) in [6.45, 7) is -0.303. The lowest BCUT2D eigenvalue weighted by molar-refractivity contribution is -0.168. The van der Waals surface area contributed by atoms with Gasteiger partial charge < -0.3 is 29.9 Å². The van der Waals surface area contributed by atoms with E-state index in [9.17, 15) is 19.8 Å². The molecule has 1 rings (SSSR count). The van der Waals surface area contributed by atoms with E-state index < -0.39 is 22.8 Å². The molecule has 0 heterocycles. The van der Waals surface area contributed by atoms with Gasteiger partial charge in [-0.3, -0.25) is 9.59 Å². The molecule has 8 nitrogen and oxygen atoms in total. The van der Waals surface area contributed by atoms with E-state index in [2.05, 4.69) is 0 Å². The fourth-order valence-electron chi connectivity index (χ4n) is 2.89. The van der Waals surface area contributed by atoms with Crippen molar-refractivity contribution in [2.24, 2.45) is 10.8 Å². The van der Waals surface area contributed by atoms with Gasteiger partial charge in [0, 0.05) is 13.2 Å². The lowest BCUT2D eigenvalue weighted by Gasteiger charge is -2.43. The number of ether oxygens (including phenoxy) is 2. The minimum Gasteiger partial charge on any atom is -0.481 e. The number of carbonyl (C=O) groups is 2. The molecule has 8 heteroatoms. The molecule has 1 aliphatic carbocycles. The Kier molecular flexibility index (Phi) is 8.06. The van der Waals surface area contributed by atoms with Gasteiger partial charge in [-0.15, -0.1) is 0 Å². The highest BCUT2D eigenvalue weighted by atomic mass is 16.5. The SMILES string of the molecule is O=C(O)C1(CCOCCO)C=CC=CC1(CCOCCO)C(=O)O. The molecule has 0 aromatic rings. The third-order valence-corrected chi connectivity index (χ3v) is 4.18. The average Bonchev–Trinajstić information content (AvgIpc) is 2.56. The van der Waals surface area contributed by atoms with Crippen LogP contribution in [0.15, 0.2) is 24.3 Å². The molecule has 0 amide bonds. The smallest absolute Gasteiger partial charge is 0.315 e. The van der Waals surface area contributed by atoms with Crippen LogP contribution in [-0.4, -0.2) is 72.0 Å². The molecule has 2 atom stereocenters. The molecule has 0 fully saturated rings. The minimum absolute atomic E-state index is 0.00241. The predicted octanol–water partition coefficient (Wildman–Crippen LogP) is 0.0524. The molecular weight excluding hydrogens is 320 g/mol. The second-order valence-electron chi connectivity index (χ2n) is 5.44. The van der Waals surface area contributed by atoms with Crippen molar-refractivity contribution in [1.82, 2.24) is 0 Å². The summed E-state index contributed by atoms with van der Waals surface area (Å²) in [7, 11) is 0. The Labute approximate surface area is 140 Å². The molecule has 0 aromatic carbocycles.